The van der Waals surface area contributed by atoms with E-state index in [4.69, 9.17) is 11.6 Å². The van der Waals surface area contributed by atoms with Crippen molar-refractivity contribution in [1.29, 1.82) is 0 Å². The zero-order valence-electron chi connectivity index (χ0n) is 12.5. The second-order valence-electron chi connectivity index (χ2n) is 4.94. The van der Waals surface area contributed by atoms with Gasteiger partial charge in [0, 0.05) is 23.9 Å². The van der Waals surface area contributed by atoms with E-state index in [1.54, 1.807) is 0 Å². The minimum absolute atomic E-state index is 0.305. The van der Waals surface area contributed by atoms with Crippen LogP contribution in [-0.4, -0.2) is 16.3 Å². The van der Waals surface area contributed by atoms with Gasteiger partial charge in [-0.3, -0.25) is 4.68 Å². The summed E-state index contributed by atoms with van der Waals surface area (Å²) < 4.78 is 2.02. The molecule has 0 aliphatic rings. The quantitative estimate of drug-likeness (QED) is 0.869. The number of nitrogens with zero attached hydrogens (tertiary/aromatic N) is 2. The number of hydrogen-bond acceptors (Lipinski definition) is 3. The van der Waals surface area contributed by atoms with Crippen LogP contribution in [0.15, 0.2) is 11.4 Å². The largest absolute Gasteiger partial charge is 0.309 e. The first-order chi connectivity index (χ1) is 9.58. The molecule has 0 radical (unpaired) electrons. The highest BCUT2D eigenvalue weighted by atomic mass is 35.5. The second-order valence-corrected chi connectivity index (χ2v) is 6.27. The second kappa shape index (κ2) is 6.74. The molecule has 2 aromatic heterocycles. The normalized spacial score (nSPS) is 12.8. The van der Waals surface area contributed by atoms with Crippen LogP contribution in [0, 0.1) is 13.8 Å². The van der Waals surface area contributed by atoms with Crippen LogP contribution >= 0.6 is 22.9 Å². The first-order valence-electron chi connectivity index (χ1n) is 7.07. The molecule has 2 aromatic rings. The molecule has 0 fully saturated rings. The van der Waals surface area contributed by atoms with Gasteiger partial charge in [-0.1, -0.05) is 18.5 Å². The molecule has 0 amide bonds. The minimum atomic E-state index is 0.305. The highest BCUT2D eigenvalue weighted by molar-refractivity contribution is 7.10. The number of nitrogens with one attached hydrogen (secondary N) is 1. The van der Waals surface area contributed by atoms with Crippen molar-refractivity contribution in [1.82, 2.24) is 15.1 Å². The van der Waals surface area contributed by atoms with Crippen LogP contribution < -0.4 is 5.32 Å². The van der Waals surface area contributed by atoms with E-state index < -0.39 is 0 Å². The lowest BCUT2D eigenvalue weighted by Crippen LogP contribution is -2.24. The van der Waals surface area contributed by atoms with Crippen LogP contribution in [0.4, 0.5) is 0 Å². The molecular formula is C15H22ClN3S. The molecule has 5 heteroatoms. The van der Waals surface area contributed by atoms with Crippen molar-refractivity contribution in [3.63, 3.8) is 0 Å². The molecule has 0 aromatic carbocycles. The van der Waals surface area contributed by atoms with E-state index in [1.165, 1.54) is 10.4 Å². The molecule has 2 heterocycles. The molecule has 0 saturated heterocycles. The summed E-state index contributed by atoms with van der Waals surface area (Å²) in [6.07, 6.45) is 0.878. The summed E-state index contributed by atoms with van der Waals surface area (Å²) in [5, 5.41) is 11.0. The monoisotopic (exact) mass is 311 g/mol. The van der Waals surface area contributed by atoms with Crippen molar-refractivity contribution in [2.75, 3.05) is 6.54 Å². The molecule has 20 heavy (non-hydrogen) atoms. The molecule has 3 nitrogen and oxygen atoms in total. The summed E-state index contributed by atoms with van der Waals surface area (Å²) in [5.41, 5.74) is 3.39. The van der Waals surface area contributed by atoms with Gasteiger partial charge in [-0.15, -0.1) is 11.3 Å². The number of aryl methyl sites for hydroxylation is 3. The van der Waals surface area contributed by atoms with Crippen molar-refractivity contribution in [2.24, 2.45) is 0 Å². The van der Waals surface area contributed by atoms with Gasteiger partial charge in [0.2, 0.25) is 0 Å². The summed E-state index contributed by atoms with van der Waals surface area (Å²) in [5.74, 6) is 0. The molecule has 1 atom stereocenters. The van der Waals surface area contributed by atoms with Crippen LogP contribution in [0.2, 0.25) is 5.02 Å². The van der Waals surface area contributed by atoms with Gasteiger partial charge in [-0.25, -0.2) is 0 Å². The molecule has 2 rings (SSSR count). The lowest BCUT2D eigenvalue weighted by Gasteiger charge is -2.18. The Bertz CT molecular complexity index is 574. The van der Waals surface area contributed by atoms with E-state index in [0.717, 1.165) is 35.9 Å². The van der Waals surface area contributed by atoms with Gasteiger partial charge in [0.15, 0.2) is 0 Å². The summed E-state index contributed by atoms with van der Waals surface area (Å²) in [6.45, 7) is 10.2. The van der Waals surface area contributed by atoms with Crippen LogP contribution in [0.3, 0.4) is 0 Å². The predicted molar refractivity (Wildman–Crippen MR) is 86.8 cm³/mol. The third-order valence-electron chi connectivity index (χ3n) is 3.52. The van der Waals surface area contributed by atoms with Gasteiger partial charge >= 0.3 is 0 Å². The third kappa shape index (κ3) is 3.08. The Morgan fingerprint density at radius 1 is 1.40 bits per heavy atom. The van der Waals surface area contributed by atoms with Crippen LogP contribution in [0.1, 0.15) is 41.7 Å². The van der Waals surface area contributed by atoms with E-state index in [2.05, 4.69) is 42.6 Å². The number of thiophene rings is 1. The number of likely N-dealkylation sites (N-methyl/N-ethyl adjacent to an activating group) is 1. The molecule has 0 aliphatic heterocycles. The van der Waals surface area contributed by atoms with E-state index in [9.17, 15) is 0 Å². The maximum atomic E-state index is 6.43. The van der Waals surface area contributed by atoms with Gasteiger partial charge in [0.25, 0.3) is 0 Å². The van der Waals surface area contributed by atoms with E-state index in [1.807, 2.05) is 22.9 Å². The van der Waals surface area contributed by atoms with Crippen molar-refractivity contribution < 1.29 is 0 Å². The fourth-order valence-electron chi connectivity index (χ4n) is 2.50. The van der Waals surface area contributed by atoms with Gasteiger partial charge in [-0.2, -0.15) is 5.10 Å². The highest BCUT2D eigenvalue weighted by Gasteiger charge is 2.20. The molecule has 1 unspecified atom stereocenters. The average molecular weight is 312 g/mol. The number of aromatic nitrogens is 2. The van der Waals surface area contributed by atoms with E-state index >= 15 is 0 Å². The lowest BCUT2D eigenvalue weighted by molar-refractivity contribution is 0.521. The standard InChI is InChI=1S/C15H22ClN3S/c1-5-17-12(15-10(3)7-8-20-15)9-13-14(16)11(4)18-19(13)6-2/h7-8,12,17H,5-6,9H2,1-4H3. The van der Waals surface area contributed by atoms with Gasteiger partial charge < -0.3 is 5.32 Å². The fraction of sp³-hybridized carbons (Fsp3) is 0.533. The van der Waals surface area contributed by atoms with Crippen LogP contribution in [0.25, 0.3) is 0 Å². The van der Waals surface area contributed by atoms with Crippen molar-refractivity contribution >= 4 is 22.9 Å². The molecule has 0 saturated carbocycles. The Labute approximate surface area is 130 Å². The third-order valence-corrected chi connectivity index (χ3v) is 5.14. The zero-order chi connectivity index (χ0) is 14.7. The van der Waals surface area contributed by atoms with Gasteiger partial charge in [-0.05, 0) is 44.3 Å². The summed E-state index contributed by atoms with van der Waals surface area (Å²) >= 11 is 8.24. The minimum Gasteiger partial charge on any atom is -0.309 e. The zero-order valence-corrected chi connectivity index (χ0v) is 14.1. The van der Waals surface area contributed by atoms with E-state index in [0.29, 0.717) is 6.04 Å². The summed E-state index contributed by atoms with van der Waals surface area (Å²) in [4.78, 5) is 1.39. The molecule has 0 bridgehead atoms. The summed E-state index contributed by atoms with van der Waals surface area (Å²) in [7, 11) is 0. The number of rotatable bonds is 6. The van der Waals surface area contributed by atoms with Crippen molar-refractivity contribution in [3.8, 4) is 0 Å². The van der Waals surface area contributed by atoms with Crippen LogP contribution in [-0.2, 0) is 13.0 Å². The Morgan fingerprint density at radius 2 is 2.15 bits per heavy atom. The Morgan fingerprint density at radius 3 is 2.70 bits per heavy atom. The van der Waals surface area contributed by atoms with Crippen LogP contribution in [0.5, 0.6) is 0 Å². The Hall–Kier alpha value is -0.840. The maximum Gasteiger partial charge on any atom is 0.0847 e. The first kappa shape index (κ1) is 15.5. The Balaban J connectivity index is 2.31. The molecular weight excluding hydrogens is 290 g/mol. The molecule has 0 aliphatic carbocycles. The Kier molecular flexibility index (Phi) is 5.24. The number of hydrogen-bond donors (Lipinski definition) is 1. The molecule has 110 valence electrons. The first-order valence-corrected chi connectivity index (χ1v) is 8.33. The lowest BCUT2D eigenvalue weighted by atomic mass is 10.1. The molecule has 1 N–H and O–H groups in total. The highest BCUT2D eigenvalue weighted by Crippen LogP contribution is 2.30. The summed E-state index contributed by atoms with van der Waals surface area (Å²) in [6, 6.07) is 2.48. The van der Waals surface area contributed by atoms with Gasteiger partial charge in [0.05, 0.1) is 16.4 Å². The predicted octanol–water partition coefficient (Wildman–Crippen LogP) is 4.13. The SMILES string of the molecule is CCNC(Cc1c(Cl)c(C)nn1CC)c1sccc1C. The maximum absolute atomic E-state index is 6.43. The topological polar surface area (TPSA) is 29.9 Å². The fourth-order valence-corrected chi connectivity index (χ4v) is 3.72. The van der Waals surface area contributed by atoms with Crippen molar-refractivity contribution in [2.45, 2.75) is 46.7 Å². The van der Waals surface area contributed by atoms with E-state index in [-0.39, 0.29) is 0 Å². The average Bonchev–Trinajstić information content (AvgIpc) is 2.96. The van der Waals surface area contributed by atoms with Gasteiger partial charge in [0.1, 0.15) is 0 Å². The number of halogens is 1. The molecule has 0 spiro atoms. The van der Waals surface area contributed by atoms with Crippen molar-refractivity contribution in [3.05, 3.63) is 38.3 Å². The smallest absolute Gasteiger partial charge is 0.0847 e.